The highest BCUT2D eigenvalue weighted by atomic mass is 16.5. The molecule has 0 saturated carbocycles. The second-order valence-electron chi connectivity index (χ2n) is 6.56. The highest BCUT2D eigenvalue weighted by Gasteiger charge is 2.25. The average molecular weight is 368 g/mol. The summed E-state index contributed by atoms with van der Waals surface area (Å²) >= 11 is 0. The summed E-state index contributed by atoms with van der Waals surface area (Å²) in [6, 6.07) is 17.0. The van der Waals surface area contributed by atoms with Crippen LogP contribution in [0.1, 0.15) is 30.9 Å². The fourth-order valence-corrected chi connectivity index (χ4v) is 2.76. The summed E-state index contributed by atoms with van der Waals surface area (Å²) in [5, 5.41) is 2.63. The number of nitrogens with one attached hydrogen (secondary N) is 1. The summed E-state index contributed by atoms with van der Waals surface area (Å²) in [5.41, 5.74) is 2.17. The molecule has 0 aromatic heterocycles. The lowest BCUT2D eigenvalue weighted by Gasteiger charge is -2.28. The fourth-order valence-electron chi connectivity index (χ4n) is 2.76. The Morgan fingerprint density at radius 3 is 2.37 bits per heavy atom. The molecule has 144 valence electrons. The lowest BCUT2D eigenvalue weighted by atomic mass is 10.1. The van der Waals surface area contributed by atoms with Crippen LogP contribution in [-0.2, 0) is 16.1 Å². The minimum atomic E-state index is -0.529. The number of carbonyl (C=O) groups is 2. The first-order valence-electron chi connectivity index (χ1n) is 9.25. The van der Waals surface area contributed by atoms with Gasteiger partial charge in [-0.1, -0.05) is 48.0 Å². The molecule has 5 nitrogen and oxygen atoms in total. The molecule has 1 atom stereocenters. The first kappa shape index (κ1) is 20.5. The minimum absolute atomic E-state index is 0.0525. The van der Waals surface area contributed by atoms with Gasteiger partial charge in [0.15, 0.2) is 0 Å². The van der Waals surface area contributed by atoms with Crippen molar-refractivity contribution in [3.63, 3.8) is 0 Å². The van der Waals surface area contributed by atoms with Gasteiger partial charge >= 0.3 is 0 Å². The molecule has 0 spiro atoms. The molecule has 0 aliphatic heterocycles. The molecular weight excluding hydrogens is 340 g/mol. The quantitative estimate of drug-likeness (QED) is 0.691. The van der Waals surface area contributed by atoms with Gasteiger partial charge in [-0.05, 0) is 38.0 Å². The summed E-state index contributed by atoms with van der Waals surface area (Å²) in [6.07, 6.45) is 0.929. The molecule has 0 fully saturated rings. The van der Waals surface area contributed by atoms with Gasteiger partial charge in [-0.2, -0.15) is 0 Å². The predicted octanol–water partition coefficient (Wildman–Crippen LogP) is 3.32. The molecule has 0 saturated heterocycles. The molecule has 2 rings (SSSR count). The molecule has 0 aliphatic carbocycles. The number of ether oxygens (including phenoxy) is 1. The second-order valence-corrected chi connectivity index (χ2v) is 6.56. The van der Waals surface area contributed by atoms with Gasteiger partial charge in [0.2, 0.25) is 11.8 Å². The first-order valence-corrected chi connectivity index (χ1v) is 9.25. The van der Waals surface area contributed by atoms with E-state index >= 15 is 0 Å². The van der Waals surface area contributed by atoms with Crippen LogP contribution in [-0.4, -0.2) is 36.4 Å². The van der Waals surface area contributed by atoms with Crippen LogP contribution in [0.15, 0.2) is 54.6 Å². The number of hydrogen-bond donors (Lipinski definition) is 1. The van der Waals surface area contributed by atoms with Crippen molar-refractivity contribution < 1.29 is 14.3 Å². The monoisotopic (exact) mass is 368 g/mol. The molecule has 0 aliphatic rings. The molecular formula is C22H28N2O3. The largest absolute Gasteiger partial charge is 0.494 e. The van der Waals surface area contributed by atoms with E-state index in [0.717, 1.165) is 16.9 Å². The Morgan fingerprint density at radius 2 is 1.74 bits per heavy atom. The van der Waals surface area contributed by atoms with Crippen LogP contribution in [0, 0.1) is 6.92 Å². The Kier molecular flexibility index (Phi) is 7.86. The van der Waals surface area contributed by atoms with Gasteiger partial charge in [0, 0.05) is 20.0 Å². The lowest BCUT2D eigenvalue weighted by Crippen LogP contribution is -2.46. The molecule has 2 amide bonds. The number of rotatable bonds is 9. The second kappa shape index (κ2) is 10.4. The number of nitrogens with zero attached hydrogens (tertiary/aromatic N) is 1. The van der Waals surface area contributed by atoms with E-state index in [2.05, 4.69) is 5.32 Å². The maximum atomic E-state index is 12.8. The average Bonchev–Trinajstić information content (AvgIpc) is 2.70. The Labute approximate surface area is 161 Å². The minimum Gasteiger partial charge on any atom is -0.494 e. The first-order chi connectivity index (χ1) is 13.0. The molecule has 2 aromatic carbocycles. The van der Waals surface area contributed by atoms with Gasteiger partial charge in [0.25, 0.3) is 0 Å². The van der Waals surface area contributed by atoms with Gasteiger partial charge in [-0.25, -0.2) is 0 Å². The summed E-state index contributed by atoms with van der Waals surface area (Å²) in [6.45, 7) is 4.65. The van der Waals surface area contributed by atoms with Gasteiger partial charge in [-0.15, -0.1) is 0 Å². The standard InChI is InChI=1S/C22H28N2O3/c1-17-11-13-19(14-12-17)16-24(18(2)22(26)23-3)21(25)10-7-15-27-20-8-5-4-6-9-20/h4-6,8-9,11-14,18H,7,10,15-16H2,1-3H3,(H,23,26). The van der Waals surface area contributed by atoms with Gasteiger partial charge in [0.1, 0.15) is 11.8 Å². The number of benzene rings is 2. The molecule has 27 heavy (non-hydrogen) atoms. The van der Waals surface area contributed by atoms with Crippen molar-refractivity contribution in [1.82, 2.24) is 10.2 Å². The maximum absolute atomic E-state index is 12.8. The van der Waals surface area contributed by atoms with Gasteiger partial charge < -0.3 is 15.0 Å². The van der Waals surface area contributed by atoms with E-state index in [0.29, 0.717) is 26.0 Å². The zero-order valence-electron chi connectivity index (χ0n) is 16.3. The van der Waals surface area contributed by atoms with E-state index < -0.39 is 6.04 Å². The molecule has 1 unspecified atom stereocenters. The SMILES string of the molecule is CNC(=O)C(C)N(Cc1ccc(C)cc1)C(=O)CCCOc1ccccc1. The number of hydrogen-bond acceptors (Lipinski definition) is 3. The summed E-state index contributed by atoms with van der Waals surface area (Å²) in [4.78, 5) is 26.5. The molecule has 1 N–H and O–H groups in total. The van der Waals surface area contributed by atoms with Crippen molar-refractivity contribution >= 4 is 11.8 Å². The number of aryl methyl sites for hydroxylation is 1. The third kappa shape index (κ3) is 6.44. The molecule has 5 heteroatoms. The number of likely N-dealkylation sites (N-methyl/N-ethyl adjacent to an activating group) is 1. The van der Waals surface area contributed by atoms with Crippen LogP contribution in [0.3, 0.4) is 0 Å². The highest BCUT2D eigenvalue weighted by Crippen LogP contribution is 2.14. The van der Waals surface area contributed by atoms with Crippen molar-refractivity contribution in [1.29, 1.82) is 0 Å². The van der Waals surface area contributed by atoms with Crippen LogP contribution in [0.2, 0.25) is 0 Å². The molecule has 0 bridgehead atoms. The Balaban J connectivity index is 1.95. The number of carbonyl (C=O) groups excluding carboxylic acids is 2. The highest BCUT2D eigenvalue weighted by molar-refractivity contribution is 5.87. The van der Waals surface area contributed by atoms with E-state index in [4.69, 9.17) is 4.74 Å². The van der Waals surface area contributed by atoms with Crippen molar-refractivity contribution in [2.24, 2.45) is 0 Å². The molecule has 2 aromatic rings. The summed E-state index contributed by atoms with van der Waals surface area (Å²) < 4.78 is 5.65. The van der Waals surface area contributed by atoms with E-state index in [1.54, 1.807) is 18.9 Å². The topological polar surface area (TPSA) is 58.6 Å². The van der Waals surface area contributed by atoms with E-state index in [9.17, 15) is 9.59 Å². The van der Waals surface area contributed by atoms with Gasteiger partial charge in [-0.3, -0.25) is 9.59 Å². The zero-order valence-corrected chi connectivity index (χ0v) is 16.3. The summed E-state index contributed by atoms with van der Waals surface area (Å²) in [5.74, 6) is 0.569. The maximum Gasteiger partial charge on any atom is 0.242 e. The van der Waals surface area contributed by atoms with Crippen LogP contribution in [0.5, 0.6) is 5.75 Å². The molecule has 0 heterocycles. The van der Waals surface area contributed by atoms with Gasteiger partial charge in [0.05, 0.1) is 6.61 Å². The smallest absolute Gasteiger partial charge is 0.242 e. The van der Waals surface area contributed by atoms with Crippen LogP contribution >= 0.6 is 0 Å². The number of amides is 2. The normalized spacial score (nSPS) is 11.5. The van der Waals surface area contributed by atoms with Crippen molar-refractivity contribution in [2.75, 3.05) is 13.7 Å². The van der Waals surface area contributed by atoms with Crippen LogP contribution in [0.25, 0.3) is 0 Å². The van der Waals surface area contributed by atoms with Crippen molar-refractivity contribution in [3.8, 4) is 5.75 Å². The Bertz CT molecular complexity index is 729. The Morgan fingerprint density at radius 1 is 1.07 bits per heavy atom. The van der Waals surface area contributed by atoms with E-state index in [1.165, 1.54) is 0 Å². The Hall–Kier alpha value is -2.82. The van der Waals surface area contributed by atoms with Crippen LogP contribution < -0.4 is 10.1 Å². The zero-order chi connectivity index (χ0) is 19.6. The third-order valence-corrected chi connectivity index (χ3v) is 4.43. The van der Waals surface area contributed by atoms with Crippen LogP contribution in [0.4, 0.5) is 0 Å². The van der Waals surface area contributed by atoms with E-state index in [1.807, 2.05) is 61.5 Å². The number of para-hydroxylation sites is 1. The lowest BCUT2D eigenvalue weighted by molar-refractivity contribution is -0.140. The molecule has 0 radical (unpaired) electrons. The third-order valence-electron chi connectivity index (χ3n) is 4.43. The van der Waals surface area contributed by atoms with Crippen molar-refractivity contribution in [3.05, 3.63) is 65.7 Å². The van der Waals surface area contributed by atoms with Crippen molar-refractivity contribution in [2.45, 2.75) is 39.3 Å². The predicted molar refractivity (Wildman–Crippen MR) is 106 cm³/mol. The summed E-state index contributed by atoms with van der Waals surface area (Å²) in [7, 11) is 1.58. The fraction of sp³-hybridized carbons (Fsp3) is 0.364. The van der Waals surface area contributed by atoms with E-state index in [-0.39, 0.29) is 11.8 Å².